The van der Waals surface area contributed by atoms with Gasteiger partial charge in [0.1, 0.15) is 23.6 Å². The van der Waals surface area contributed by atoms with Gasteiger partial charge in [-0.2, -0.15) is 26.3 Å². The van der Waals surface area contributed by atoms with Crippen LogP contribution in [0.15, 0.2) is 50.1 Å². The standard InChI is InChI=1S/C14H18F6O2.C14H20O2.C10H16O2.C7H12O2/c1-2-21-8-22-12(13(15,16)17,14(18,19)20)7-11-6-9-3-4-10(11)5-9;1-3-13(15)16-14(2)11-5-9-4-10(7-11)8-12(14)6-9;1-3-9(11)12-10(2)7-5-4-6-8-10;1-5-6(8)9-7(2,3)4/h3-4,9-11H,2,5-8H2,1H3;3,9-12H,1,4-8H2,2H3;3H,1,4-8H2,2H3;5H,1H2,2-4H3. The molecule has 0 saturated heterocycles. The monoisotopic (exact) mass is 848 g/mol. The lowest BCUT2D eigenvalue weighted by Gasteiger charge is -2.58. The molecule has 6 fully saturated rings. The molecule has 0 radical (unpaired) electrons. The number of carbonyl (C=O) groups excluding carboxylic acids is 3. The molecule has 336 valence electrons. The van der Waals surface area contributed by atoms with Crippen LogP contribution < -0.4 is 0 Å². The molecule has 0 N–H and O–H groups in total. The van der Waals surface area contributed by atoms with Crippen molar-refractivity contribution in [3.63, 3.8) is 0 Å². The molecule has 14 heteroatoms. The summed E-state index contributed by atoms with van der Waals surface area (Å²) in [6.07, 6.45) is 8.14. The lowest BCUT2D eigenvalue weighted by molar-refractivity contribution is -0.397. The number of hydrogen-bond acceptors (Lipinski definition) is 8. The zero-order valence-electron chi connectivity index (χ0n) is 35.7. The molecule has 0 aromatic heterocycles. The number of halogens is 6. The average Bonchev–Trinajstić information content (AvgIpc) is 3.76. The number of fused-ring (bicyclic) bond motifs is 2. The van der Waals surface area contributed by atoms with Gasteiger partial charge < -0.3 is 23.7 Å². The Kier molecular flexibility index (Phi) is 17.6. The van der Waals surface area contributed by atoms with E-state index in [1.807, 2.05) is 33.8 Å². The van der Waals surface area contributed by atoms with Crippen molar-refractivity contribution < 1.29 is 64.4 Å². The number of hydrogen-bond donors (Lipinski definition) is 0. The molecule has 3 atom stereocenters. The zero-order valence-corrected chi connectivity index (χ0v) is 35.7. The van der Waals surface area contributed by atoms with Crippen molar-refractivity contribution in [2.45, 2.75) is 160 Å². The van der Waals surface area contributed by atoms with Crippen LogP contribution >= 0.6 is 0 Å². The summed E-state index contributed by atoms with van der Waals surface area (Å²) < 4.78 is 104. The second-order valence-electron chi connectivity index (χ2n) is 18.3. The highest BCUT2D eigenvalue weighted by Gasteiger charge is 2.73. The van der Waals surface area contributed by atoms with E-state index in [0.29, 0.717) is 24.7 Å². The Bertz CT molecular complexity index is 1430. The first kappa shape index (κ1) is 50.2. The fraction of sp³-hybridized carbons (Fsp3) is 0.756. The summed E-state index contributed by atoms with van der Waals surface area (Å²) in [5, 5.41) is 0. The number of allylic oxidation sites excluding steroid dienone is 2. The first-order valence-electron chi connectivity index (χ1n) is 20.9. The molecule has 7 aliphatic carbocycles. The average molecular weight is 849 g/mol. The van der Waals surface area contributed by atoms with Gasteiger partial charge in [0, 0.05) is 24.8 Å². The van der Waals surface area contributed by atoms with E-state index in [1.165, 1.54) is 70.4 Å². The van der Waals surface area contributed by atoms with E-state index >= 15 is 0 Å². The topological polar surface area (TPSA) is 97.4 Å². The van der Waals surface area contributed by atoms with Crippen molar-refractivity contribution in [3.8, 4) is 0 Å². The van der Waals surface area contributed by atoms with E-state index in [-0.39, 0.29) is 47.6 Å². The number of ether oxygens (including phenoxy) is 5. The Labute approximate surface area is 346 Å². The molecule has 0 amide bonds. The Balaban J connectivity index is 0.000000222. The van der Waals surface area contributed by atoms with Crippen molar-refractivity contribution in [1.29, 1.82) is 0 Å². The lowest BCUT2D eigenvalue weighted by atomic mass is 9.50. The van der Waals surface area contributed by atoms with Gasteiger partial charge in [-0.1, -0.05) is 38.3 Å². The molecule has 6 bridgehead atoms. The van der Waals surface area contributed by atoms with Gasteiger partial charge in [0.2, 0.25) is 0 Å². The Morgan fingerprint density at radius 3 is 1.61 bits per heavy atom. The van der Waals surface area contributed by atoms with Crippen LogP contribution in [0.1, 0.15) is 125 Å². The van der Waals surface area contributed by atoms with E-state index in [0.717, 1.165) is 30.8 Å². The molecule has 6 saturated carbocycles. The van der Waals surface area contributed by atoms with Crippen LogP contribution in [0.2, 0.25) is 0 Å². The van der Waals surface area contributed by atoms with Gasteiger partial charge in [0.25, 0.3) is 5.60 Å². The van der Waals surface area contributed by atoms with Crippen molar-refractivity contribution in [2.75, 3.05) is 13.4 Å². The molecule has 0 aromatic carbocycles. The quantitative estimate of drug-likeness (QED) is 0.0386. The molecule has 0 heterocycles. The SMILES string of the molecule is C=CC(=O)OC(C)(C)C.C=CC(=O)OC1(C)C2CC3CC(C2)CC1C3.C=CC(=O)OC1(C)CCCCC1.CCOCOC(CC1CC2C=CC1C2)(C(F)(F)F)C(F)(F)F. The molecule has 8 nitrogen and oxygen atoms in total. The molecule has 59 heavy (non-hydrogen) atoms. The number of esters is 3. The lowest BCUT2D eigenvalue weighted by Crippen LogP contribution is -2.60. The van der Waals surface area contributed by atoms with Crippen molar-refractivity contribution in [3.05, 3.63) is 50.1 Å². The summed E-state index contributed by atoms with van der Waals surface area (Å²) >= 11 is 0. The van der Waals surface area contributed by atoms with Crippen LogP contribution in [0.5, 0.6) is 0 Å². The molecular formula is C45H66F6O8. The van der Waals surface area contributed by atoms with Crippen molar-refractivity contribution in [1.82, 2.24) is 0 Å². The third-order valence-corrected chi connectivity index (χ3v) is 12.7. The van der Waals surface area contributed by atoms with E-state index < -0.39 is 42.7 Å². The maximum absolute atomic E-state index is 13.3. The van der Waals surface area contributed by atoms with Crippen LogP contribution in [-0.2, 0) is 38.1 Å². The first-order chi connectivity index (χ1) is 27.3. The number of rotatable bonds is 11. The third-order valence-electron chi connectivity index (χ3n) is 12.7. The molecule has 7 rings (SSSR count). The van der Waals surface area contributed by atoms with Crippen LogP contribution in [-0.4, -0.2) is 66.1 Å². The molecule has 0 aliphatic heterocycles. The predicted molar refractivity (Wildman–Crippen MR) is 211 cm³/mol. The summed E-state index contributed by atoms with van der Waals surface area (Å²) in [6.45, 7) is 20.2. The number of carbonyl (C=O) groups is 3. The largest absolute Gasteiger partial charge is 0.457 e. The summed E-state index contributed by atoms with van der Waals surface area (Å²) in [5.74, 6) is 1.30. The van der Waals surface area contributed by atoms with Crippen molar-refractivity contribution in [2.24, 2.45) is 41.4 Å². The molecule has 0 aromatic rings. The fourth-order valence-electron chi connectivity index (χ4n) is 9.91. The Morgan fingerprint density at radius 1 is 0.712 bits per heavy atom. The molecule has 0 spiro atoms. The fourth-order valence-corrected chi connectivity index (χ4v) is 9.91. The molecule has 7 aliphatic rings. The van der Waals surface area contributed by atoms with Gasteiger partial charge in [-0.25, -0.2) is 14.4 Å². The Morgan fingerprint density at radius 2 is 1.22 bits per heavy atom. The second kappa shape index (κ2) is 20.6. The van der Waals surface area contributed by atoms with Crippen LogP contribution in [0.4, 0.5) is 26.3 Å². The smallest absolute Gasteiger partial charge is 0.426 e. The van der Waals surface area contributed by atoms with E-state index in [2.05, 4.69) is 36.1 Å². The highest BCUT2D eigenvalue weighted by atomic mass is 19.4. The minimum absolute atomic E-state index is 0.0251. The summed E-state index contributed by atoms with van der Waals surface area (Å²) in [7, 11) is 0. The summed E-state index contributed by atoms with van der Waals surface area (Å²) in [4.78, 5) is 32.9. The minimum atomic E-state index is -5.55. The van der Waals surface area contributed by atoms with Crippen LogP contribution in [0.25, 0.3) is 0 Å². The highest BCUT2D eigenvalue weighted by molar-refractivity contribution is 5.82. The van der Waals surface area contributed by atoms with Gasteiger partial charge in [-0.3, -0.25) is 0 Å². The molecule has 3 unspecified atom stereocenters. The maximum Gasteiger partial charge on any atom is 0.426 e. The van der Waals surface area contributed by atoms with E-state index in [1.54, 1.807) is 6.08 Å². The van der Waals surface area contributed by atoms with E-state index in [9.17, 15) is 40.7 Å². The van der Waals surface area contributed by atoms with Crippen LogP contribution in [0.3, 0.4) is 0 Å². The number of alkyl halides is 6. The van der Waals surface area contributed by atoms with Gasteiger partial charge in [-0.15, -0.1) is 0 Å². The zero-order chi connectivity index (χ0) is 44.5. The minimum Gasteiger partial charge on any atom is -0.457 e. The van der Waals surface area contributed by atoms with Gasteiger partial charge >= 0.3 is 30.3 Å². The van der Waals surface area contributed by atoms with Gasteiger partial charge in [0.05, 0.1) is 0 Å². The van der Waals surface area contributed by atoms with Gasteiger partial charge in [-0.05, 0) is 160 Å². The second-order valence-corrected chi connectivity index (χ2v) is 18.3. The normalized spacial score (nSPS) is 29.9. The summed E-state index contributed by atoms with van der Waals surface area (Å²) in [6, 6.07) is 0. The first-order valence-corrected chi connectivity index (χ1v) is 20.9. The molecular weight excluding hydrogens is 782 g/mol. The highest BCUT2D eigenvalue weighted by Crippen LogP contribution is 2.59. The maximum atomic E-state index is 13.3. The van der Waals surface area contributed by atoms with Gasteiger partial charge in [0.15, 0.2) is 0 Å². The van der Waals surface area contributed by atoms with Crippen LogP contribution in [0, 0.1) is 41.4 Å². The predicted octanol–water partition coefficient (Wildman–Crippen LogP) is 11.3. The third kappa shape index (κ3) is 13.7. The Hall–Kier alpha value is -3.13. The van der Waals surface area contributed by atoms with Crippen molar-refractivity contribution >= 4 is 17.9 Å². The van der Waals surface area contributed by atoms with E-state index in [4.69, 9.17) is 14.2 Å². The summed E-state index contributed by atoms with van der Waals surface area (Å²) in [5.41, 5.74) is -4.98.